The van der Waals surface area contributed by atoms with Crippen LogP contribution in [0.4, 0.5) is 0 Å². The van der Waals surface area contributed by atoms with E-state index in [-0.39, 0.29) is 36.2 Å². The summed E-state index contributed by atoms with van der Waals surface area (Å²) in [5, 5.41) is 5.42. The van der Waals surface area contributed by atoms with Gasteiger partial charge in [0.1, 0.15) is 0 Å². The third-order valence-electron chi connectivity index (χ3n) is 2.71. The number of rotatable bonds is 6. The lowest BCUT2D eigenvalue weighted by Crippen LogP contribution is -2.40. The Labute approximate surface area is 109 Å². The fraction of sp³-hybridized carbons (Fsp3) is 0.846. The molecule has 104 valence electrons. The van der Waals surface area contributed by atoms with E-state index in [0.29, 0.717) is 6.04 Å². The van der Waals surface area contributed by atoms with E-state index in [9.17, 15) is 9.59 Å². The zero-order valence-corrected chi connectivity index (χ0v) is 11.6. The van der Waals surface area contributed by atoms with Gasteiger partial charge in [-0.1, -0.05) is 20.8 Å². The molecular weight excluding hydrogens is 230 g/mol. The maximum Gasteiger partial charge on any atom is 0.239 e. The molecule has 1 fully saturated rings. The first-order chi connectivity index (χ1) is 8.26. The molecule has 1 aliphatic carbocycles. The number of nitrogens with two attached hydrogens (primary N) is 1. The third-order valence-corrected chi connectivity index (χ3v) is 2.71. The molecule has 2 amide bonds. The predicted octanol–water partition coefficient (Wildman–Crippen LogP) is 0.535. The van der Waals surface area contributed by atoms with Gasteiger partial charge in [-0.25, -0.2) is 0 Å². The Morgan fingerprint density at radius 3 is 2.39 bits per heavy atom. The summed E-state index contributed by atoms with van der Waals surface area (Å²) in [6.45, 7) is 6.33. The first-order valence-corrected chi connectivity index (χ1v) is 6.58. The highest BCUT2D eigenvalue weighted by molar-refractivity contribution is 5.85. The van der Waals surface area contributed by atoms with Crippen LogP contribution < -0.4 is 16.4 Å². The standard InChI is InChI=1S/C13H25N3O2/c1-13(2,3)7-9(14)6-11(17)15-8-12(18)16-10-4-5-10/h9-10H,4-8,14H2,1-3H3,(H,15,17)(H,16,18). The van der Waals surface area contributed by atoms with Crippen molar-refractivity contribution in [3.05, 3.63) is 0 Å². The highest BCUT2D eigenvalue weighted by atomic mass is 16.2. The van der Waals surface area contributed by atoms with Gasteiger partial charge in [0.2, 0.25) is 11.8 Å². The Kier molecular flexibility index (Phi) is 5.14. The molecule has 0 heterocycles. The lowest BCUT2D eigenvalue weighted by atomic mass is 9.87. The summed E-state index contributed by atoms with van der Waals surface area (Å²) in [6, 6.07) is 0.175. The van der Waals surface area contributed by atoms with Gasteiger partial charge in [0, 0.05) is 18.5 Å². The normalized spacial score (nSPS) is 17.1. The predicted molar refractivity (Wildman–Crippen MR) is 70.8 cm³/mol. The number of nitrogens with one attached hydrogen (secondary N) is 2. The van der Waals surface area contributed by atoms with Gasteiger partial charge < -0.3 is 16.4 Å². The highest BCUT2D eigenvalue weighted by Crippen LogP contribution is 2.21. The zero-order valence-electron chi connectivity index (χ0n) is 11.6. The Morgan fingerprint density at radius 2 is 1.89 bits per heavy atom. The van der Waals surface area contributed by atoms with Crippen LogP contribution in [0.3, 0.4) is 0 Å². The highest BCUT2D eigenvalue weighted by Gasteiger charge is 2.23. The van der Waals surface area contributed by atoms with Crippen molar-refractivity contribution in [3.63, 3.8) is 0 Å². The Balaban J connectivity index is 2.14. The first kappa shape index (κ1) is 15.0. The largest absolute Gasteiger partial charge is 0.352 e. The zero-order chi connectivity index (χ0) is 13.8. The maximum atomic E-state index is 11.6. The van der Waals surface area contributed by atoms with E-state index in [1.165, 1.54) is 0 Å². The van der Waals surface area contributed by atoms with Gasteiger partial charge >= 0.3 is 0 Å². The molecule has 0 aliphatic heterocycles. The van der Waals surface area contributed by atoms with Crippen molar-refractivity contribution in [2.45, 2.75) is 58.5 Å². The SMILES string of the molecule is CC(C)(C)CC(N)CC(=O)NCC(=O)NC1CC1. The minimum atomic E-state index is -0.156. The van der Waals surface area contributed by atoms with E-state index in [4.69, 9.17) is 5.73 Å². The maximum absolute atomic E-state index is 11.6. The number of hydrogen-bond acceptors (Lipinski definition) is 3. The summed E-state index contributed by atoms with van der Waals surface area (Å²) in [5.74, 6) is -0.270. The lowest BCUT2D eigenvalue weighted by Gasteiger charge is -2.22. The summed E-state index contributed by atoms with van der Waals surface area (Å²) in [5.41, 5.74) is 6.01. The average Bonchev–Trinajstić information content (AvgIpc) is 2.95. The van der Waals surface area contributed by atoms with E-state index >= 15 is 0 Å². The van der Waals surface area contributed by atoms with Gasteiger partial charge in [0.05, 0.1) is 6.54 Å². The Hall–Kier alpha value is -1.10. The fourth-order valence-electron chi connectivity index (χ4n) is 1.85. The molecular formula is C13H25N3O2. The van der Waals surface area contributed by atoms with E-state index in [1.54, 1.807) is 0 Å². The van der Waals surface area contributed by atoms with Crippen molar-refractivity contribution < 1.29 is 9.59 Å². The molecule has 4 N–H and O–H groups in total. The van der Waals surface area contributed by atoms with Crippen LogP contribution in [0, 0.1) is 5.41 Å². The Bertz CT molecular complexity index is 306. The van der Waals surface area contributed by atoms with Gasteiger partial charge in [-0.05, 0) is 24.7 Å². The second kappa shape index (κ2) is 6.18. The van der Waals surface area contributed by atoms with Crippen LogP contribution in [0.1, 0.15) is 46.5 Å². The second-order valence-corrected chi connectivity index (χ2v) is 6.35. The van der Waals surface area contributed by atoms with Crippen LogP contribution in [0.5, 0.6) is 0 Å². The van der Waals surface area contributed by atoms with Crippen LogP contribution in [0.25, 0.3) is 0 Å². The van der Waals surface area contributed by atoms with Crippen LogP contribution in [0.15, 0.2) is 0 Å². The minimum absolute atomic E-state index is 0.0531. The summed E-state index contributed by atoms with van der Waals surface area (Å²) in [6.07, 6.45) is 3.16. The first-order valence-electron chi connectivity index (χ1n) is 6.58. The van der Waals surface area contributed by atoms with Gasteiger partial charge in [-0.15, -0.1) is 0 Å². The molecule has 1 atom stereocenters. The molecule has 0 aromatic rings. The third kappa shape index (κ3) is 7.27. The molecule has 0 spiro atoms. The van der Waals surface area contributed by atoms with Crippen molar-refractivity contribution in [1.82, 2.24) is 10.6 Å². The van der Waals surface area contributed by atoms with Gasteiger partial charge in [0.25, 0.3) is 0 Å². The van der Waals surface area contributed by atoms with E-state index in [2.05, 4.69) is 31.4 Å². The second-order valence-electron chi connectivity index (χ2n) is 6.35. The number of hydrogen-bond donors (Lipinski definition) is 3. The molecule has 0 radical (unpaired) electrons. The van der Waals surface area contributed by atoms with Gasteiger partial charge in [-0.2, -0.15) is 0 Å². The summed E-state index contributed by atoms with van der Waals surface area (Å²) >= 11 is 0. The average molecular weight is 255 g/mol. The van der Waals surface area contributed by atoms with Crippen molar-refractivity contribution in [1.29, 1.82) is 0 Å². The molecule has 5 heteroatoms. The molecule has 0 aromatic carbocycles. The molecule has 0 saturated heterocycles. The monoisotopic (exact) mass is 255 g/mol. The van der Waals surface area contributed by atoms with Crippen LogP contribution in [-0.4, -0.2) is 30.4 Å². The smallest absolute Gasteiger partial charge is 0.239 e. The molecule has 1 rings (SSSR count). The lowest BCUT2D eigenvalue weighted by molar-refractivity contribution is -0.126. The minimum Gasteiger partial charge on any atom is -0.352 e. The van der Waals surface area contributed by atoms with Crippen molar-refractivity contribution in [3.8, 4) is 0 Å². The number of carbonyl (C=O) groups is 2. The molecule has 18 heavy (non-hydrogen) atoms. The molecule has 1 unspecified atom stereocenters. The van der Waals surface area contributed by atoms with Crippen LogP contribution in [-0.2, 0) is 9.59 Å². The Morgan fingerprint density at radius 1 is 1.28 bits per heavy atom. The molecule has 1 aliphatic rings. The van der Waals surface area contributed by atoms with E-state index in [1.807, 2.05) is 0 Å². The van der Waals surface area contributed by atoms with Gasteiger partial charge in [-0.3, -0.25) is 9.59 Å². The summed E-state index contributed by atoms with van der Waals surface area (Å²) in [7, 11) is 0. The van der Waals surface area contributed by atoms with Crippen molar-refractivity contribution in [2.24, 2.45) is 11.1 Å². The summed E-state index contributed by atoms with van der Waals surface area (Å²) < 4.78 is 0. The number of carbonyl (C=O) groups excluding carboxylic acids is 2. The molecule has 0 aromatic heterocycles. The van der Waals surface area contributed by atoms with E-state index < -0.39 is 0 Å². The van der Waals surface area contributed by atoms with Crippen LogP contribution in [0.2, 0.25) is 0 Å². The van der Waals surface area contributed by atoms with Crippen molar-refractivity contribution >= 4 is 11.8 Å². The topological polar surface area (TPSA) is 84.2 Å². The molecule has 1 saturated carbocycles. The van der Waals surface area contributed by atoms with Crippen molar-refractivity contribution in [2.75, 3.05) is 6.54 Å². The van der Waals surface area contributed by atoms with E-state index in [0.717, 1.165) is 19.3 Å². The summed E-state index contributed by atoms with van der Waals surface area (Å²) in [4.78, 5) is 22.9. The number of amides is 2. The molecule has 5 nitrogen and oxygen atoms in total. The quantitative estimate of drug-likeness (QED) is 0.647. The fourth-order valence-corrected chi connectivity index (χ4v) is 1.85. The van der Waals surface area contributed by atoms with Gasteiger partial charge in [0.15, 0.2) is 0 Å². The van der Waals surface area contributed by atoms with Crippen LogP contribution >= 0.6 is 0 Å². The molecule has 0 bridgehead atoms.